The maximum atomic E-state index is 12.5. The first kappa shape index (κ1) is 13.8. The van der Waals surface area contributed by atoms with Crippen LogP contribution in [0.1, 0.15) is 37.0 Å². The Balaban J connectivity index is 1.60. The molecule has 0 bridgehead atoms. The molecule has 21 heavy (non-hydrogen) atoms. The van der Waals surface area contributed by atoms with Crippen LogP contribution in [-0.2, 0) is 17.6 Å². The van der Waals surface area contributed by atoms with Gasteiger partial charge in [0.25, 0.3) is 0 Å². The van der Waals surface area contributed by atoms with Gasteiger partial charge in [0.15, 0.2) is 5.82 Å². The molecule has 3 rings (SSSR count). The molecule has 1 atom stereocenters. The van der Waals surface area contributed by atoms with E-state index < -0.39 is 0 Å². The smallest absolute Gasteiger partial charge is 0.227 e. The second-order valence-corrected chi connectivity index (χ2v) is 5.53. The lowest BCUT2D eigenvalue weighted by Gasteiger charge is -2.22. The van der Waals surface area contributed by atoms with Crippen LogP contribution in [0.25, 0.3) is 0 Å². The normalized spacial score (nSPS) is 17.0. The quantitative estimate of drug-likeness (QED) is 0.866. The molecule has 0 fully saturated rings. The minimum atomic E-state index is 0.170. The number of para-hydroxylation sites is 1. The van der Waals surface area contributed by atoms with Crippen molar-refractivity contribution in [1.29, 1.82) is 0 Å². The molecule has 0 unspecified atom stereocenters. The number of nitrogens with zero attached hydrogens (tertiary/aromatic N) is 3. The highest BCUT2D eigenvalue weighted by Crippen LogP contribution is 2.32. The number of hydrogen-bond acceptors (Lipinski definition) is 4. The van der Waals surface area contributed by atoms with E-state index in [1.807, 2.05) is 23.1 Å². The largest absolute Gasteiger partial charge is 0.339 e. The van der Waals surface area contributed by atoms with Crippen LogP contribution in [0.2, 0.25) is 0 Å². The summed E-state index contributed by atoms with van der Waals surface area (Å²) in [6, 6.07) is 8.37. The van der Waals surface area contributed by atoms with Crippen molar-refractivity contribution in [2.75, 3.05) is 4.90 Å². The van der Waals surface area contributed by atoms with E-state index >= 15 is 0 Å². The van der Waals surface area contributed by atoms with Gasteiger partial charge in [-0.1, -0.05) is 23.4 Å². The van der Waals surface area contributed by atoms with E-state index in [0.717, 1.165) is 18.5 Å². The average Bonchev–Trinajstić information content (AvgIpc) is 3.01. The highest BCUT2D eigenvalue weighted by molar-refractivity contribution is 5.96. The molecule has 5 nitrogen and oxygen atoms in total. The maximum absolute atomic E-state index is 12.5. The highest BCUT2D eigenvalue weighted by Gasteiger charge is 2.29. The van der Waals surface area contributed by atoms with E-state index in [-0.39, 0.29) is 11.9 Å². The van der Waals surface area contributed by atoms with Crippen molar-refractivity contribution in [3.8, 4) is 0 Å². The van der Waals surface area contributed by atoms with Crippen LogP contribution in [0.5, 0.6) is 0 Å². The lowest BCUT2D eigenvalue weighted by Crippen LogP contribution is -2.35. The van der Waals surface area contributed by atoms with Gasteiger partial charge in [-0.3, -0.25) is 4.79 Å². The predicted octanol–water partition coefficient (Wildman–Crippen LogP) is 2.68. The first-order valence-electron chi connectivity index (χ1n) is 7.34. The number of benzene rings is 1. The molecule has 1 aromatic carbocycles. The van der Waals surface area contributed by atoms with E-state index in [2.05, 4.69) is 23.1 Å². The minimum Gasteiger partial charge on any atom is -0.339 e. The fourth-order valence-corrected chi connectivity index (χ4v) is 2.90. The van der Waals surface area contributed by atoms with Crippen molar-refractivity contribution in [3.63, 3.8) is 0 Å². The van der Waals surface area contributed by atoms with Crippen LogP contribution in [-0.4, -0.2) is 22.1 Å². The molecule has 2 aromatic rings. The molecule has 110 valence electrons. The monoisotopic (exact) mass is 285 g/mol. The average molecular weight is 285 g/mol. The Morgan fingerprint density at radius 3 is 3.00 bits per heavy atom. The molecule has 0 N–H and O–H groups in total. The lowest BCUT2D eigenvalue weighted by molar-refractivity contribution is -0.119. The molecule has 1 aliphatic rings. The van der Waals surface area contributed by atoms with Crippen LogP contribution in [0, 0.1) is 6.92 Å². The summed E-state index contributed by atoms with van der Waals surface area (Å²) in [4.78, 5) is 18.6. The second kappa shape index (κ2) is 5.68. The van der Waals surface area contributed by atoms with E-state index in [4.69, 9.17) is 4.52 Å². The molecular weight excluding hydrogens is 266 g/mol. The summed E-state index contributed by atoms with van der Waals surface area (Å²) < 4.78 is 5.06. The summed E-state index contributed by atoms with van der Waals surface area (Å²) in [5.74, 6) is 1.41. The number of carbonyl (C=O) groups is 1. The van der Waals surface area contributed by atoms with E-state index in [0.29, 0.717) is 24.6 Å². The highest BCUT2D eigenvalue weighted by atomic mass is 16.5. The number of fused-ring (bicyclic) bond motifs is 1. The van der Waals surface area contributed by atoms with Crippen molar-refractivity contribution >= 4 is 11.6 Å². The van der Waals surface area contributed by atoms with Gasteiger partial charge in [-0.2, -0.15) is 4.98 Å². The fourth-order valence-electron chi connectivity index (χ4n) is 2.90. The van der Waals surface area contributed by atoms with E-state index in [1.165, 1.54) is 5.56 Å². The number of anilines is 1. The van der Waals surface area contributed by atoms with E-state index in [9.17, 15) is 4.79 Å². The summed E-state index contributed by atoms with van der Waals surface area (Å²) in [5, 5.41) is 3.75. The topological polar surface area (TPSA) is 59.2 Å². The van der Waals surface area contributed by atoms with Crippen LogP contribution in [0.3, 0.4) is 0 Å². The van der Waals surface area contributed by atoms with Crippen molar-refractivity contribution in [1.82, 2.24) is 10.1 Å². The predicted molar refractivity (Wildman–Crippen MR) is 79.1 cm³/mol. The third kappa shape index (κ3) is 2.82. The van der Waals surface area contributed by atoms with Crippen LogP contribution in [0.15, 0.2) is 28.8 Å². The molecule has 1 aliphatic heterocycles. The van der Waals surface area contributed by atoms with Crippen molar-refractivity contribution in [2.24, 2.45) is 0 Å². The van der Waals surface area contributed by atoms with Gasteiger partial charge in [0.05, 0.1) is 0 Å². The lowest BCUT2D eigenvalue weighted by atomic mass is 10.1. The molecule has 1 aromatic heterocycles. The number of carbonyl (C=O) groups excluding carboxylic acids is 1. The Bertz CT molecular complexity index is 650. The first-order valence-corrected chi connectivity index (χ1v) is 7.34. The summed E-state index contributed by atoms with van der Waals surface area (Å²) in [6.07, 6.45) is 2.81. The Morgan fingerprint density at radius 1 is 1.43 bits per heavy atom. The summed E-state index contributed by atoms with van der Waals surface area (Å²) >= 11 is 0. The maximum Gasteiger partial charge on any atom is 0.227 e. The standard InChI is InChI=1S/C16H19N3O2/c1-11-10-13-6-3-4-7-14(13)19(11)16(20)9-5-8-15-17-12(2)18-21-15/h3-4,6-7,11H,5,8-10H2,1-2H3/t11-/m0/s1. The minimum absolute atomic E-state index is 0.170. The molecule has 0 saturated carbocycles. The zero-order valence-electron chi connectivity index (χ0n) is 12.4. The Kier molecular flexibility index (Phi) is 3.73. The molecular formula is C16H19N3O2. The van der Waals surface area contributed by atoms with Gasteiger partial charge in [-0.25, -0.2) is 0 Å². The molecule has 5 heteroatoms. The zero-order chi connectivity index (χ0) is 14.8. The Morgan fingerprint density at radius 2 is 2.24 bits per heavy atom. The van der Waals surface area contributed by atoms with Crippen molar-refractivity contribution in [2.45, 2.75) is 45.6 Å². The third-order valence-electron chi connectivity index (χ3n) is 3.83. The van der Waals surface area contributed by atoms with Crippen molar-refractivity contribution in [3.05, 3.63) is 41.5 Å². The Labute approximate surface area is 124 Å². The number of amides is 1. The fraction of sp³-hybridized carbons (Fsp3) is 0.438. The van der Waals surface area contributed by atoms with Gasteiger partial charge >= 0.3 is 0 Å². The SMILES string of the molecule is Cc1noc(CCCC(=O)N2c3ccccc3C[C@@H]2C)n1. The number of rotatable bonds is 4. The Hall–Kier alpha value is -2.17. The number of hydrogen-bond donors (Lipinski definition) is 0. The molecule has 1 amide bonds. The summed E-state index contributed by atoms with van der Waals surface area (Å²) in [7, 11) is 0. The summed E-state index contributed by atoms with van der Waals surface area (Å²) in [5.41, 5.74) is 2.31. The molecule has 0 saturated heterocycles. The third-order valence-corrected chi connectivity index (χ3v) is 3.83. The molecule has 0 radical (unpaired) electrons. The van der Waals surface area contributed by atoms with Gasteiger partial charge in [0.1, 0.15) is 0 Å². The van der Waals surface area contributed by atoms with Crippen LogP contribution >= 0.6 is 0 Å². The first-order chi connectivity index (χ1) is 10.1. The van der Waals surface area contributed by atoms with Crippen molar-refractivity contribution < 1.29 is 9.32 Å². The van der Waals surface area contributed by atoms with Crippen LogP contribution in [0.4, 0.5) is 5.69 Å². The molecule has 2 heterocycles. The summed E-state index contributed by atoms with van der Waals surface area (Å²) in [6.45, 7) is 3.89. The van der Waals surface area contributed by atoms with Gasteiger partial charge in [0.2, 0.25) is 11.8 Å². The van der Waals surface area contributed by atoms with Gasteiger partial charge in [0, 0.05) is 24.6 Å². The van der Waals surface area contributed by atoms with Gasteiger partial charge in [-0.05, 0) is 38.3 Å². The van der Waals surface area contributed by atoms with Gasteiger partial charge in [-0.15, -0.1) is 0 Å². The van der Waals surface area contributed by atoms with Gasteiger partial charge < -0.3 is 9.42 Å². The number of aromatic nitrogens is 2. The van der Waals surface area contributed by atoms with E-state index in [1.54, 1.807) is 6.92 Å². The van der Waals surface area contributed by atoms with Crippen LogP contribution < -0.4 is 4.90 Å². The molecule has 0 spiro atoms. The second-order valence-electron chi connectivity index (χ2n) is 5.53. The zero-order valence-corrected chi connectivity index (χ0v) is 12.4. The molecule has 0 aliphatic carbocycles. The number of aryl methyl sites for hydroxylation is 2.